The van der Waals surface area contributed by atoms with Crippen molar-refractivity contribution < 1.29 is 12.8 Å². The van der Waals surface area contributed by atoms with Crippen molar-refractivity contribution in [2.45, 2.75) is 25.3 Å². The molecular weight excluding hydrogens is 395 g/mol. The Bertz CT molecular complexity index is 1030. The molecule has 0 radical (unpaired) electrons. The first-order chi connectivity index (χ1) is 12.3. The zero-order chi connectivity index (χ0) is 18.9. The van der Waals surface area contributed by atoms with Crippen LogP contribution in [0, 0.1) is 19.7 Å². The van der Waals surface area contributed by atoms with Crippen LogP contribution >= 0.6 is 22.9 Å². The normalized spacial score (nSPS) is 11.5. The van der Waals surface area contributed by atoms with Crippen LogP contribution in [0.3, 0.4) is 0 Å². The van der Waals surface area contributed by atoms with E-state index in [0.29, 0.717) is 22.0 Å². The Kier molecular flexibility index (Phi) is 5.32. The molecule has 0 fully saturated rings. The largest absolute Gasteiger partial charge is 0.264 e. The van der Waals surface area contributed by atoms with Crippen molar-refractivity contribution in [2.75, 3.05) is 4.31 Å². The molecule has 0 N–H and O–H groups in total. The van der Waals surface area contributed by atoms with Gasteiger partial charge in [0.15, 0.2) is 0 Å². The molecule has 0 amide bonds. The van der Waals surface area contributed by atoms with Gasteiger partial charge in [0.25, 0.3) is 10.0 Å². The van der Waals surface area contributed by atoms with Crippen molar-refractivity contribution in [3.05, 3.63) is 74.9 Å². The Morgan fingerprint density at radius 1 is 1.15 bits per heavy atom. The van der Waals surface area contributed by atoms with Crippen LogP contribution in [0.4, 0.5) is 10.1 Å². The topological polar surface area (TPSA) is 50.3 Å². The van der Waals surface area contributed by atoms with Crippen LogP contribution in [0.15, 0.2) is 52.7 Å². The van der Waals surface area contributed by atoms with Crippen LogP contribution in [0.2, 0.25) is 5.02 Å². The second-order valence-corrected chi connectivity index (χ2v) is 9.01. The van der Waals surface area contributed by atoms with Crippen molar-refractivity contribution in [3.63, 3.8) is 0 Å². The molecule has 2 aromatic carbocycles. The number of rotatable bonds is 5. The number of thiazole rings is 1. The van der Waals surface area contributed by atoms with Gasteiger partial charge >= 0.3 is 0 Å². The summed E-state index contributed by atoms with van der Waals surface area (Å²) in [4.78, 5) is 4.47. The molecule has 0 aliphatic heterocycles. The SMILES string of the molecule is Cc1nc(CN(c2ccc(F)cc2)S(=O)(=O)c2cccc(Cl)c2C)cs1. The lowest BCUT2D eigenvalue weighted by atomic mass is 10.2. The zero-order valence-corrected chi connectivity index (χ0v) is 16.5. The lowest BCUT2D eigenvalue weighted by molar-refractivity contribution is 0.589. The molecule has 0 bridgehead atoms. The van der Waals surface area contributed by atoms with Crippen LogP contribution < -0.4 is 4.31 Å². The summed E-state index contributed by atoms with van der Waals surface area (Å²) in [7, 11) is -3.92. The predicted octanol–water partition coefficient (Wildman–Crippen LogP) is 4.95. The molecule has 1 heterocycles. The number of nitrogens with zero attached hydrogens (tertiary/aromatic N) is 2. The van der Waals surface area contributed by atoms with Crippen molar-refractivity contribution in [1.29, 1.82) is 0 Å². The van der Waals surface area contributed by atoms with Gasteiger partial charge in [0.2, 0.25) is 0 Å². The van der Waals surface area contributed by atoms with Gasteiger partial charge in [-0.1, -0.05) is 17.7 Å². The molecule has 0 aliphatic rings. The van der Waals surface area contributed by atoms with E-state index in [4.69, 9.17) is 11.6 Å². The van der Waals surface area contributed by atoms with E-state index < -0.39 is 15.8 Å². The van der Waals surface area contributed by atoms with E-state index in [1.54, 1.807) is 19.1 Å². The fourth-order valence-corrected chi connectivity index (χ4v) is 5.06. The van der Waals surface area contributed by atoms with Gasteiger partial charge in [-0.2, -0.15) is 0 Å². The van der Waals surface area contributed by atoms with Gasteiger partial charge in [0, 0.05) is 10.4 Å². The summed E-state index contributed by atoms with van der Waals surface area (Å²) in [6, 6.07) is 10.1. The third-order valence-corrected chi connectivity index (χ3v) is 7.02. The first-order valence-electron chi connectivity index (χ1n) is 7.73. The van der Waals surface area contributed by atoms with E-state index in [9.17, 15) is 12.8 Å². The molecule has 1 aromatic heterocycles. The third kappa shape index (κ3) is 3.75. The molecule has 0 aliphatic carbocycles. The summed E-state index contributed by atoms with van der Waals surface area (Å²) in [5, 5.41) is 3.02. The minimum atomic E-state index is -3.92. The van der Waals surface area contributed by atoms with E-state index in [0.717, 1.165) is 5.01 Å². The quantitative estimate of drug-likeness (QED) is 0.598. The monoisotopic (exact) mass is 410 g/mol. The molecule has 0 saturated heterocycles. The summed E-state index contributed by atoms with van der Waals surface area (Å²) < 4.78 is 41.2. The Hall–Kier alpha value is -1.96. The minimum absolute atomic E-state index is 0.0459. The molecule has 3 aromatic rings. The van der Waals surface area contributed by atoms with Gasteiger partial charge in [-0.05, 0) is 55.8 Å². The standard InChI is InChI=1S/C18H16ClFN2O2S2/c1-12-17(19)4-3-5-18(12)26(23,24)22(10-15-11-25-13(2)21-15)16-8-6-14(20)7-9-16/h3-9,11H,10H2,1-2H3. The lowest BCUT2D eigenvalue weighted by Crippen LogP contribution is -2.31. The molecule has 136 valence electrons. The molecule has 4 nitrogen and oxygen atoms in total. The Morgan fingerprint density at radius 2 is 1.85 bits per heavy atom. The number of hydrogen-bond donors (Lipinski definition) is 0. The highest BCUT2D eigenvalue weighted by Gasteiger charge is 2.28. The number of aromatic nitrogens is 1. The smallest absolute Gasteiger partial charge is 0.260 e. The first-order valence-corrected chi connectivity index (χ1v) is 10.4. The highest BCUT2D eigenvalue weighted by atomic mass is 35.5. The molecule has 0 atom stereocenters. The van der Waals surface area contributed by atoms with Crippen LogP contribution in [-0.2, 0) is 16.6 Å². The number of benzene rings is 2. The molecule has 8 heteroatoms. The average molecular weight is 411 g/mol. The van der Waals surface area contributed by atoms with Crippen molar-refractivity contribution in [2.24, 2.45) is 0 Å². The van der Waals surface area contributed by atoms with Gasteiger partial charge < -0.3 is 0 Å². The third-order valence-electron chi connectivity index (χ3n) is 3.87. The van der Waals surface area contributed by atoms with Crippen LogP contribution in [0.5, 0.6) is 0 Å². The summed E-state index contributed by atoms with van der Waals surface area (Å²) in [6.07, 6.45) is 0. The maximum Gasteiger partial charge on any atom is 0.264 e. The van der Waals surface area contributed by atoms with Crippen LogP contribution in [0.25, 0.3) is 0 Å². The van der Waals surface area contributed by atoms with Crippen LogP contribution in [-0.4, -0.2) is 13.4 Å². The predicted molar refractivity (Wildman–Crippen MR) is 103 cm³/mol. The molecular formula is C18H16ClFN2O2S2. The number of halogens is 2. The maximum atomic E-state index is 13.4. The summed E-state index contributed by atoms with van der Waals surface area (Å²) in [6.45, 7) is 3.56. The highest BCUT2D eigenvalue weighted by molar-refractivity contribution is 7.92. The Balaban J connectivity index is 2.12. The van der Waals surface area contributed by atoms with Gasteiger partial charge in [0.1, 0.15) is 5.82 Å². The van der Waals surface area contributed by atoms with E-state index in [1.807, 2.05) is 12.3 Å². The van der Waals surface area contributed by atoms with E-state index in [1.165, 1.54) is 46.0 Å². The maximum absolute atomic E-state index is 13.4. The summed E-state index contributed by atoms with van der Waals surface area (Å²) >= 11 is 7.55. The second kappa shape index (κ2) is 7.34. The molecule has 3 rings (SSSR count). The van der Waals surface area contributed by atoms with Crippen molar-refractivity contribution >= 4 is 38.6 Å². The van der Waals surface area contributed by atoms with E-state index in [-0.39, 0.29) is 11.4 Å². The second-order valence-electron chi connectivity index (χ2n) is 5.71. The number of hydrogen-bond acceptors (Lipinski definition) is 4. The van der Waals surface area contributed by atoms with Gasteiger partial charge in [-0.3, -0.25) is 4.31 Å². The van der Waals surface area contributed by atoms with Crippen LogP contribution in [0.1, 0.15) is 16.3 Å². The number of sulfonamides is 1. The number of aryl methyl sites for hydroxylation is 1. The molecule has 26 heavy (non-hydrogen) atoms. The molecule has 0 spiro atoms. The van der Waals surface area contributed by atoms with E-state index in [2.05, 4.69) is 4.98 Å². The Morgan fingerprint density at radius 3 is 2.46 bits per heavy atom. The van der Waals surface area contributed by atoms with Gasteiger partial charge in [-0.25, -0.2) is 17.8 Å². The average Bonchev–Trinajstić information content (AvgIpc) is 3.01. The fraction of sp³-hybridized carbons (Fsp3) is 0.167. The first kappa shape index (κ1) is 18.8. The summed E-state index contributed by atoms with van der Waals surface area (Å²) in [5.74, 6) is -0.436. The highest BCUT2D eigenvalue weighted by Crippen LogP contribution is 2.30. The molecule has 0 saturated carbocycles. The van der Waals surface area contributed by atoms with E-state index >= 15 is 0 Å². The Labute approximate surface area is 160 Å². The fourth-order valence-electron chi connectivity index (χ4n) is 2.54. The van der Waals surface area contributed by atoms with Crippen molar-refractivity contribution in [1.82, 2.24) is 4.98 Å². The minimum Gasteiger partial charge on any atom is -0.260 e. The number of anilines is 1. The molecule has 0 unspecified atom stereocenters. The summed E-state index contributed by atoms with van der Waals surface area (Å²) in [5.41, 5.74) is 1.45. The van der Waals surface area contributed by atoms with Gasteiger partial charge in [0.05, 0.1) is 27.8 Å². The zero-order valence-electron chi connectivity index (χ0n) is 14.1. The lowest BCUT2D eigenvalue weighted by Gasteiger charge is -2.25. The van der Waals surface area contributed by atoms with Crippen molar-refractivity contribution in [3.8, 4) is 0 Å². The van der Waals surface area contributed by atoms with Gasteiger partial charge in [-0.15, -0.1) is 11.3 Å².